The van der Waals surface area contributed by atoms with Gasteiger partial charge < -0.3 is 6.53 Å². The van der Waals surface area contributed by atoms with Crippen LogP contribution in [0.2, 0.25) is 0 Å². The zero-order valence-corrected chi connectivity index (χ0v) is 10.3. The minimum Gasteiger partial charge on any atom is -1.00 e. The maximum Gasteiger partial charge on any atom is 1.00 e. The first-order valence-electron chi connectivity index (χ1n) is 3.57. The van der Waals surface area contributed by atoms with E-state index < -0.39 is 0 Å². The van der Waals surface area contributed by atoms with E-state index in [-0.39, 0.29) is 36.7 Å². The van der Waals surface area contributed by atoms with Gasteiger partial charge in [-0.25, -0.2) is 4.68 Å². The molecule has 7 heteroatoms. The van der Waals surface area contributed by atoms with Crippen molar-refractivity contribution >= 4 is 12.2 Å². The summed E-state index contributed by atoms with van der Waals surface area (Å²) in [5.41, 5.74) is 0.785. The van der Waals surface area contributed by atoms with Gasteiger partial charge in [-0.15, -0.1) is 0 Å². The predicted octanol–water partition coefficient (Wildman–Crippen LogP) is -1.85. The van der Waals surface area contributed by atoms with Crippen LogP contribution in [0.15, 0.2) is 24.3 Å². The summed E-state index contributed by atoms with van der Waals surface area (Å²) >= 11 is 4.90. The van der Waals surface area contributed by atoms with Crippen molar-refractivity contribution in [1.29, 1.82) is 0 Å². The van der Waals surface area contributed by atoms with Crippen LogP contribution in [0, 0.1) is 4.77 Å². The van der Waals surface area contributed by atoms with Gasteiger partial charge in [0, 0.05) is 0 Å². The molecule has 0 atom stereocenters. The van der Waals surface area contributed by atoms with Gasteiger partial charge in [-0.05, 0) is 36.5 Å². The summed E-state index contributed by atoms with van der Waals surface area (Å²) in [6, 6.07) is 6.56. The zero-order chi connectivity index (χ0) is 9.26. The van der Waals surface area contributed by atoms with Crippen LogP contribution in [-0.4, -0.2) is 25.3 Å². The Bertz CT molecular complexity index is 468. The Balaban J connectivity index is 0.000000980. The molecule has 0 aliphatic heterocycles. The second-order valence-electron chi connectivity index (χ2n) is 2.43. The van der Waals surface area contributed by atoms with Crippen molar-refractivity contribution in [1.82, 2.24) is 20.2 Å². The molecule has 2 aromatic rings. The van der Waals surface area contributed by atoms with E-state index >= 15 is 0 Å². The number of aromatic amines is 1. The third-order valence-electron chi connectivity index (χ3n) is 1.58. The van der Waals surface area contributed by atoms with Crippen molar-refractivity contribution in [3.05, 3.63) is 29.0 Å². The van der Waals surface area contributed by atoms with E-state index in [0.29, 0.717) is 4.77 Å². The Morgan fingerprint density at radius 2 is 2.00 bits per heavy atom. The topological polar surface area (TPSA) is 66.7 Å². The van der Waals surface area contributed by atoms with E-state index in [4.69, 9.17) is 17.3 Å². The summed E-state index contributed by atoms with van der Waals surface area (Å²) in [6.07, 6.45) is 0. The molecule has 68 valence electrons. The molecular weight excluding hydrogens is 211 g/mol. The number of phenols is 1. The van der Waals surface area contributed by atoms with Crippen LogP contribution < -0.4 is 29.6 Å². The number of nitrogens with one attached hydrogen (secondary N) is 1. The summed E-state index contributed by atoms with van der Waals surface area (Å²) in [5.74, 6) is 0.211. The Labute approximate surface area is 109 Å². The molecule has 0 amide bonds. The van der Waals surface area contributed by atoms with Crippen LogP contribution in [0.1, 0.15) is 1.43 Å². The van der Waals surface area contributed by atoms with E-state index in [2.05, 4.69) is 15.5 Å². The van der Waals surface area contributed by atoms with Crippen molar-refractivity contribution in [2.75, 3.05) is 0 Å². The molecule has 1 aromatic heterocycles. The maximum absolute atomic E-state index is 9.05. The molecule has 2 N–H and O–H groups in total. The quantitative estimate of drug-likeness (QED) is 0.435. The van der Waals surface area contributed by atoms with Gasteiger partial charge in [0.2, 0.25) is 4.77 Å². The van der Waals surface area contributed by atoms with Crippen molar-refractivity contribution in [2.24, 2.45) is 0 Å². The fraction of sp³-hybridized carbons (Fsp3) is 0. The van der Waals surface area contributed by atoms with Gasteiger partial charge in [-0.1, -0.05) is 10.3 Å². The van der Waals surface area contributed by atoms with Gasteiger partial charge >= 0.3 is 29.6 Å². The third kappa shape index (κ3) is 2.21. The third-order valence-corrected chi connectivity index (χ3v) is 1.84. The molecule has 14 heavy (non-hydrogen) atoms. The number of rotatable bonds is 1. The molecule has 1 heterocycles. The predicted molar refractivity (Wildman–Crippen MR) is 49.3 cm³/mol. The zero-order valence-electron chi connectivity index (χ0n) is 8.51. The number of hydrogen-bond donors (Lipinski definition) is 2. The SMILES string of the molecule is Oc1ccc(-n2[nH]nnc2=S)cc1.[H-].[Na+]. The standard InChI is InChI=1S/C7H6N4OS.Na.H/c12-6-3-1-5(2-4-6)11-7(13)8-9-10-11;;/h1-4,12H,(H,8,10,13);;/q;+1;-1. The van der Waals surface area contributed by atoms with Crippen LogP contribution in [0.25, 0.3) is 5.69 Å². The summed E-state index contributed by atoms with van der Waals surface area (Å²) in [5, 5.41) is 18.8. The molecule has 1 aromatic carbocycles. The Morgan fingerprint density at radius 1 is 1.36 bits per heavy atom. The molecular formula is C7H7N4NaOS. The summed E-state index contributed by atoms with van der Waals surface area (Å²) in [6.45, 7) is 0. The molecule has 2 rings (SSSR count). The Hall–Kier alpha value is -0.690. The van der Waals surface area contributed by atoms with Crippen molar-refractivity contribution in [3.8, 4) is 11.4 Å². The van der Waals surface area contributed by atoms with Gasteiger partial charge in [0.1, 0.15) is 5.75 Å². The van der Waals surface area contributed by atoms with E-state index in [9.17, 15) is 0 Å². The minimum absolute atomic E-state index is 0. The molecule has 0 spiro atoms. The van der Waals surface area contributed by atoms with E-state index in [0.717, 1.165) is 5.69 Å². The number of phenolic OH excluding ortho intramolecular Hbond substituents is 1. The number of H-pyrrole nitrogens is 1. The number of benzene rings is 1. The molecule has 0 saturated heterocycles. The molecule has 0 saturated carbocycles. The second-order valence-corrected chi connectivity index (χ2v) is 2.80. The fourth-order valence-corrected chi connectivity index (χ4v) is 1.15. The molecule has 0 radical (unpaired) electrons. The number of nitrogens with zero attached hydrogens (tertiary/aromatic N) is 3. The van der Waals surface area contributed by atoms with Crippen LogP contribution >= 0.6 is 12.2 Å². The molecule has 0 unspecified atom stereocenters. The largest absolute Gasteiger partial charge is 1.00 e. The van der Waals surface area contributed by atoms with Gasteiger partial charge in [0.25, 0.3) is 0 Å². The molecule has 0 bridgehead atoms. The average Bonchev–Trinajstić information content (AvgIpc) is 2.53. The number of tetrazole rings is 1. The van der Waals surface area contributed by atoms with Crippen LogP contribution in [0.4, 0.5) is 0 Å². The normalized spacial score (nSPS) is 9.43. The summed E-state index contributed by atoms with van der Waals surface area (Å²) < 4.78 is 1.89. The van der Waals surface area contributed by atoms with Crippen molar-refractivity contribution < 1.29 is 36.1 Å². The van der Waals surface area contributed by atoms with Gasteiger partial charge in [-0.3, -0.25) is 0 Å². The Kier molecular flexibility index (Phi) is 3.82. The smallest absolute Gasteiger partial charge is 1.00 e. The van der Waals surface area contributed by atoms with Gasteiger partial charge in [0.15, 0.2) is 0 Å². The molecule has 0 aliphatic rings. The Morgan fingerprint density at radius 3 is 2.50 bits per heavy atom. The maximum atomic E-state index is 9.05. The van der Waals surface area contributed by atoms with Crippen molar-refractivity contribution in [2.45, 2.75) is 0 Å². The molecule has 0 fully saturated rings. The number of aromatic hydroxyl groups is 1. The first-order chi connectivity index (χ1) is 6.27. The number of hydrogen-bond acceptors (Lipinski definition) is 4. The van der Waals surface area contributed by atoms with Crippen LogP contribution in [0.5, 0.6) is 5.75 Å². The van der Waals surface area contributed by atoms with E-state index in [1.807, 2.05) is 0 Å². The van der Waals surface area contributed by atoms with E-state index in [1.165, 1.54) is 4.68 Å². The van der Waals surface area contributed by atoms with Crippen molar-refractivity contribution in [3.63, 3.8) is 0 Å². The molecule has 5 nitrogen and oxygen atoms in total. The molecule has 0 aliphatic carbocycles. The van der Waals surface area contributed by atoms with Crippen LogP contribution in [0.3, 0.4) is 0 Å². The first-order valence-corrected chi connectivity index (χ1v) is 3.98. The fourth-order valence-electron chi connectivity index (χ4n) is 0.967. The summed E-state index contributed by atoms with van der Waals surface area (Å²) in [4.78, 5) is 0. The van der Waals surface area contributed by atoms with Crippen LogP contribution in [-0.2, 0) is 0 Å². The monoisotopic (exact) mass is 218 g/mol. The minimum atomic E-state index is 0. The van der Waals surface area contributed by atoms with Gasteiger partial charge in [0.05, 0.1) is 5.69 Å². The first kappa shape index (κ1) is 11.4. The average molecular weight is 218 g/mol. The number of aromatic nitrogens is 4. The van der Waals surface area contributed by atoms with E-state index in [1.54, 1.807) is 24.3 Å². The summed E-state index contributed by atoms with van der Waals surface area (Å²) in [7, 11) is 0. The van der Waals surface area contributed by atoms with Gasteiger partial charge in [-0.2, -0.15) is 5.21 Å². The second kappa shape index (κ2) is 4.70.